The number of nitrogens with two attached hydrogens (primary N) is 1. The number of nitrogens with zero attached hydrogens (tertiary/aromatic N) is 1. The van der Waals surface area contributed by atoms with E-state index in [1.54, 1.807) is 24.2 Å². The van der Waals surface area contributed by atoms with Gasteiger partial charge in [-0.05, 0) is 6.42 Å². The van der Waals surface area contributed by atoms with Crippen LogP contribution in [-0.2, 0) is 0 Å². The van der Waals surface area contributed by atoms with Crippen LogP contribution >= 0.6 is 11.8 Å². The summed E-state index contributed by atoms with van der Waals surface area (Å²) in [5.41, 5.74) is 5.51. The molecule has 0 saturated carbocycles. The van der Waals surface area contributed by atoms with E-state index in [1.807, 2.05) is 0 Å². The van der Waals surface area contributed by atoms with Gasteiger partial charge in [-0.1, -0.05) is 18.7 Å². The first-order valence-electron chi connectivity index (χ1n) is 3.63. The maximum absolute atomic E-state index is 5.51. The van der Waals surface area contributed by atoms with Crippen molar-refractivity contribution in [2.24, 2.45) is 5.73 Å². The zero-order valence-corrected chi connectivity index (χ0v) is 7.30. The molecular weight excluding hydrogens is 160 g/mol. The molecule has 0 aromatic carbocycles. The Bertz CT molecular complexity index is 184. The molecule has 62 valence electrons. The van der Waals surface area contributed by atoms with Crippen molar-refractivity contribution in [3.63, 3.8) is 0 Å². The highest BCUT2D eigenvalue weighted by Crippen LogP contribution is 2.22. The summed E-state index contributed by atoms with van der Waals surface area (Å²) >= 11 is 1.59. The molecule has 4 heteroatoms. The molecule has 1 aromatic heterocycles. The highest BCUT2D eigenvalue weighted by molar-refractivity contribution is 7.99. The Morgan fingerprint density at radius 1 is 1.82 bits per heavy atom. The van der Waals surface area contributed by atoms with Crippen LogP contribution in [0.2, 0.25) is 0 Å². The topological polar surface area (TPSA) is 52.0 Å². The Labute approximate surface area is 70.4 Å². The summed E-state index contributed by atoms with van der Waals surface area (Å²) < 4.78 is 5.06. The standard InChI is InChI=1S/C7H12N2OS/c1-2-6(5-8)11-7-9-3-4-10-7/h3-4,6H,2,5,8H2,1H3. The van der Waals surface area contributed by atoms with Crippen LogP contribution in [0, 0.1) is 0 Å². The molecule has 0 aliphatic heterocycles. The van der Waals surface area contributed by atoms with Crippen molar-refractivity contribution in [1.29, 1.82) is 0 Å². The molecule has 0 fully saturated rings. The van der Waals surface area contributed by atoms with Gasteiger partial charge < -0.3 is 10.2 Å². The van der Waals surface area contributed by atoms with Gasteiger partial charge >= 0.3 is 0 Å². The van der Waals surface area contributed by atoms with Gasteiger partial charge in [0.2, 0.25) is 0 Å². The molecule has 0 aliphatic carbocycles. The highest BCUT2D eigenvalue weighted by Gasteiger charge is 2.08. The van der Waals surface area contributed by atoms with Crippen molar-refractivity contribution in [3.05, 3.63) is 12.5 Å². The van der Waals surface area contributed by atoms with Crippen LogP contribution in [0.5, 0.6) is 0 Å². The Morgan fingerprint density at radius 2 is 2.64 bits per heavy atom. The quantitative estimate of drug-likeness (QED) is 0.699. The first kappa shape index (κ1) is 8.62. The first-order chi connectivity index (χ1) is 5.36. The number of rotatable bonds is 4. The lowest BCUT2D eigenvalue weighted by atomic mass is 10.3. The molecule has 0 spiro atoms. The van der Waals surface area contributed by atoms with Crippen LogP contribution < -0.4 is 5.73 Å². The second-order valence-electron chi connectivity index (χ2n) is 2.18. The predicted octanol–water partition coefficient (Wildman–Crippen LogP) is 1.50. The Balaban J connectivity index is 2.41. The van der Waals surface area contributed by atoms with Gasteiger partial charge in [-0.2, -0.15) is 0 Å². The number of thioether (sulfide) groups is 1. The lowest BCUT2D eigenvalue weighted by Gasteiger charge is -2.06. The molecule has 1 rings (SSSR count). The average Bonchev–Trinajstić information content (AvgIpc) is 2.52. The van der Waals surface area contributed by atoms with Gasteiger partial charge in [0.25, 0.3) is 5.22 Å². The van der Waals surface area contributed by atoms with E-state index in [0.717, 1.165) is 6.42 Å². The van der Waals surface area contributed by atoms with E-state index in [-0.39, 0.29) is 0 Å². The fourth-order valence-corrected chi connectivity index (χ4v) is 1.49. The van der Waals surface area contributed by atoms with E-state index >= 15 is 0 Å². The average molecular weight is 172 g/mol. The smallest absolute Gasteiger partial charge is 0.255 e. The first-order valence-corrected chi connectivity index (χ1v) is 4.51. The molecule has 1 aromatic rings. The van der Waals surface area contributed by atoms with Crippen LogP contribution in [0.1, 0.15) is 13.3 Å². The van der Waals surface area contributed by atoms with Crippen molar-refractivity contribution in [3.8, 4) is 0 Å². The largest absolute Gasteiger partial charge is 0.440 e. The van der Waals surface area contributed by atoms with Crippen molar-refractivity contribution in [1.82, 2.24) is 4.98 Å². The summed E-state index contributed by atoms with van der Waals surface area (Å²) in [6, 6.07) is 0. The van der Waals surface area contributed by atoms with Gasteiger partial charge in [0.1, 0.15) is 6.26 Å². The van der Waals surface area contributed by atoms with E-state index in [4.69, 9.17) is 10.2 Å². The molecule has 0 aliphatic rings. The fourth-order valence-electron chi connectivity index (χ4n) is 0.709. The van der Waals surface area contributed by atoms with Crippen LogP contribution in [0.4, 0.5) is 0 Å². The third-order valence-corrected chi connectivity index (χ3v) is 2.66. The minimum Gasteiger partial charge on any atom is -0.440 e. The van der Waals surface area contributed by atoms with Crippen LogP contribution in [-0.4, -0.2) is 16.8 Å². The number of hydrogen-bond acceptors (Lipinski definition) is 4. The van der Waals surface area contributed by atoms with E-state index in [9.17, 15) is 0 Å². The fraction of sp³-hybridized carbons (Fsp3) is 0.571. The van der Waals surface area contributed by atoms with Crippen LogP contribution in [0.3, 0.4) is 0 Å². The molecule has 0 bridgehead atoms. The second-order valence-corrected chi connectivity index (χ2v) is 3.43. The number of oxazole rings is 1. The van der Waals surface area contributed by atoms with Gasteiger partial charge in [-0.25, -0.2) is 4.98 Å². The molecular formula is C7H12N2OS. The summed E-state index contributed by atoms with van der Waals surface area (Å²) in [5.74, 6) is 0. The third kappa shape index (κ3) is 2.55. The number of aromatic nitrogens is 1. The summed E-state index contributed by atoms with van der Waals surface area (Å²) in [5, 5.41) is 1.14. The summed E-state index contributed by atoms with van der Waals surface area (Å²) in [4.78, 5) is 3.99. The van der Waals surface area contributed by atoms with E-state index in [2.05, 4.69) is 11.9 Å². The Hall–Kier alpha value is -0.480. The second kappa shape index (κ2) is 4.41. The van der Waals surface area contributed by atoms with Gasteiger partial charge in [0, 0.05) is 11.8 Å². The molecule has 1 atom stereocenters. The molecule has 3 nitrogen and oxygen atoms in total. The zero-order chi connectivity index (χ0) is 8.10. The Kier molecular flexibility index (Phi) is 3.45. The predicted molar refractivity (Wildman–Crippen MR) is 45.5 cm³/mol. The monoisotopic (exact) mass is 172 g/mol. The normalized spacial score (nSPS) is 13.3. The Morgan fingerprint density at radius 3 is 3.09 bits per heavy atom. The highest BCUT2D eigenvalue weighted by atomic mass is 32.2. The molecule has 1 heterocycles. The molecule has 0 amide bonds. The minimum absolute atomic E-state index is 0.425. The lowest BCUT2D eigenvalue weighted by molar-refractivity contribution is 0.452. The van der Waals surface area contributed by atoms with Gasteiger partial charge in [-0.3, -0.25) is 0 Å². The third-order valence-electron chi connectivity index (χ3n) is 1.40. The van der Waals surface area contributed by atoms with Crippen molar-refractivity contribution in [2.45, 2.75) is 23.8 Å². The summed E-state index contributed by atoms with van der Waals surface area (Å²) in [6.45, 7) is 2.77. The van der Waals surface area contributed by atoms with Crippen LogP contribution in [0.25, 0.3) is 0 Å². The molecule has 0 radical (unpaired) electrons. The van der Waals surface area contributed by atoms with Crippen molar-refractivity contribution < 1.29 is 4.42 Å². The molecule has 2 N–H and O–H groups in total. The maximum Gasteiger partial charge on any atom is 0.255 e. The van der Waals surface area contributed by atoms with Crippen molar-refractivity contribution in [2.75, 3.05) is 6.54 Å². The zero-order valence-electron chi connectivity index (χ0n) is 6.49. The van der Waals surface area contributed by atoms with Gasteiger partial charge in [-0.15, -0.1) is 0 Å². The van der Waals surface area contributed by atoms with Crippen LogP contribution in [0.15, 0.2) is 22.1 Å². The van der Waals surface area contributed by atoms with E-state index < -0.39 is 0 Å². The van der Waals surface area contributed by atoms with E-state index in [0.29, 0.717) is 17.0 Å². The van der Waals surface area contributed by atoms with E-state index in [1.165, 1.54) is 0 Å². The summed E-state index contributed by atoms with van der Waals surface area (Å²) in [7, 11) is 0. The maximum atomic E-state index is 5.51. The van der Waals surface area contributed by atoms with Crippen molar-refractivity contribution >= 4 is 11.8 Å². The lowest BCUT2D eigenvalue weighted by Crippen LogP contribution is -2.15. The molecule has 0 saturated heterocycles. The molecule has 11 heavy (non-hydrogen) atoms. The SMILES string of the molecule is CCC(CN)Sc1ncco1. The minimum atomic E-state index is 0.425. The number of hydrogen-bond donors (Lipinski definition) is 1. The molecule has 1 unspecified atom stereocenters. The van der Waals surface area contributed by atoms with Gasteiger partial charge in [0.05, 0.1) is 6.20 Å². The van der Waals surface area contributed by atoms with Gasteiger partial charge in [0.15, 0.2) is 0 Å². The summed E-state index contributed by atoms with van der Waals surface area (Å²) in [6.07, 6.45) is 4.26.